The van der Waals surface area contributed by atoms with Crippen molar-refractivity contribution in [1.29, 1.82) is 0 Å². The van der Waals surface area contributed by atoms with Crippen molar-refractivity contribution in [3.8, 4) is 5.75 Å². The average molecular weight is 227 g/mol. The summed E-state index contributed by atoms with van der Waals surface area (Å²) in [5, 5.41) is 3.14. The number of nitrogens with one attached hydrogen (secondary N) is 1. The van der Waals surface area contributed by atoms with Gasteiger partial charge in [-0.25, -0.2) is 8.78 Å². The first-order chi connectivity index (χ1) is 7.70. The summed E-state index contributed by atoms with van der Waals surface area (Å²) < 4.78 is 31.6. The summed E-state index contributed by atoms with van der Waals surface area (Å²) in [6.07, 6.45) is 2.98. The van der Waals surface area contributed by atoms with E-state index in [1.807, 2.05) is 7.05 Å². The monoisotopic (exact) mass is 227 g/mol. The van der Waals surface area contributed by atoms with Gasteiger partial charge in [-0.2, -0.15) is 0 Å². The van der Waals surface area contributed by atoms with Crippen molar-refractivity contribution in [3.63, 3.8) is 0 Å². The van der Waals surface area contributed by atoms with Crippen molar-refractivity contribution in [3.05, 3.63) is 29.8 Å². The van der Waals surface area contributed by atoms with E-state index in [2.05, 4.69) is 5.32 Å². The first-order valence-electron chi connectivity index (χ1n) is 5.49. The molecule has 16 heavy (non-hydrogen) atoms. The van der Waals surface area contributed by atoms with Crippen LogP contribution < -0.4 is 10.1 Å². The highest BCUT2D eigenvalue weighted by atomic mass is 19.1. The maximum absolute atomic E-state index is 13.3. The summed E-state index contributed by atoms with van der Waals surface area (Å²) in [5.74, 6) is -1.09. The Bertz CT molecular complexity index is 370. The molecule has 1 fully saturated rings. The maximum Gasteiger partial charge on any atom is 0.167 e. The topological polar surface area (TPSA) is 21.3 Å². The molecule has 0 bridgehead atoms. The van der Waals surface area contributed by atoms with Gasteiger partial charge < -0.3 is 10.1 Å². The molecule has 88 valence electrons. The van der Waals surface area contributed by atoms with Gasteiger partial charge in [-0.3, -0.25) is 0 Å². The zero-order valence-corrected chi connectivity index (χ0v) is 9.17. The Morgan fingerprint density at radius 2 is 2.12 bits per heavy atom. The number of halogens is 2. The summed E-state index contributed by atoms with van der Waals surface area (Å²) in [6, 6.07) is 3.65. The Hall–Kier alpha value is -1.16. The smallest absolute Gasteiger partial charge is 0.167 e. The quantitative estimate of drug-likeness (QED) is 0.856. The molecule has 1 aromatic rings. The number of hydrogen-bond acceptors (Lipinski definition) is 2. The number of rotatable bonds is 3. The molecule has 0 heterocycles. The molecule has 2 rings (SSSR count). The minimum atomic E-state index is -0.637. The number of hydrogen-bond donors (Lipinski definition) is 1. The molecule has 2 nitrogen and oxygen atoms in total. The van der Waals surface area contributed by atoms with Crippen LogP contribution in [0.5, 0.6) is 5.75 Å². The largest absolute Gasteiger partial charge is 0.486 e. The van der Waals surface area contributed by atoms with E-state index < -0.39 is 11.6 Å². The third-order valence-electron chi connectivity index (χ3n) is 3.00. The molecule has 1 aliphatic carbocycles. The van der Waals surface area contributed by atoms with Crippen LogP contribution in [-0.2, 0) is 0 Å². The van der Waals surface area contributed by atoms with Crippen LogP contribution in [0.4, 0.5) is 8.78 Å². The Morgan fingerprint density at radius 3 is 2.81 bits per heavy atom. The summed E-state index contributed by atoms with van der Waals surface area (Å²) in [5.41, 5.74) is 0. The van der Waals surface area contributed by atoms with E-state index in [4.69, 9.17) is 4.74 Å². The molecule has 4 heteroatoms. The van der Waals surface area contributed by atoms with Crippen LogP contribution in [0.25, 0.3) is 0 Å². The highest BCUT2D eigenvalue weighted by Crippen LogP contribution is 2.26. The third-order valence-corrected chi connectivity index (χ3v) is 3.00. The molecule has 0 saturated heterocycles. The summed E-state index contributed by atoms with van der Waals surface area (Å²) in [6.45, 7) is 0. The van der Waals surface area contributed by atoms with E-state index in [0.29, 0.717) is 0 Å². The zero-order valence-electron chi connectivity index (χ0n) is 9.17. The van der Waals surface area contributed by atoms with Crippen molar-refractivity contribution in [2.24, 2.45) is 0 Å². The van der Waals surface area contributed by atoms with E-state index in [-0.39, 0.29) is 17.9 Å². The van der Waals surface area contributed by atoms with Crippen LogP contribution in [0.3, 0.4) is 0 Å². The van der Waals surface area contributed by atoms with Gasteiger partial charge in [-0.15, -0.1) is 0 Å². The van der Waals surface area contributed by atoms with Crippen LogP contribution in [0.2, 0.25) is 0 Å². The summed E-state index contributed by atoms with van der Waals surface area (Å²) >= 11 is 0. The maximum atomic E-state index is 13.3. The molecule has 2 unspecified atom stereocenters. The molecular weight excluding hydrogens is 212 g/mol. The van der Waals surface area contributed by atoms with E-state index in [1.165, 1.54) is 12.1 Å². The highest BCUT2D eigenvalue weighted by molar-refractivity contribution is 5.25. The fraction of sp³-hybridized carbons (Fsp3) is 0.500. The standard InChI is InChI=1S/C12H15F2NO/c1-15-10-3-2-4-12(10)16-11-6-5-8(13)7-9(11)14/h5-7,10,12,15H,2-4H2,1H3. The molecular formula is C12H15F2NO. The number of ether oxygens (including phenoxy) is 1. The van der Waals surface area contributed by atoms with Gasteiger partial charge in [0.15, 0.2) is 11.6 Å². The molecule has 1 N–H and O–H groups in total. The lowest BCUT2D eigenvalue weighted by atomic mass is 10.2. The van der Waals surface area contributed by atoms with E-state index >= 15 is 0 Å². The van der Waals surface area contributed by atoms with Crippen molar-refractivity contribution in [1.82, 2.24) is 5.32 Å². The van der Waals surface area contributed by atoms with Crippen LogP contribution in [-0.4, -0.2) is 19.2 Å². The molecule has 0 radical (unpaired) electrons. The Kier molecular flexibility index (Phi) is 3.39. The molecule has 0 aromatic heterocycles. The van der Waals surface area contributed by atoms with E-state index in [1.54, 1.807) is 0 Å². The second-order valence-electron chi connectivity index (χ2n) is 4.06. The second-order valence-corrected chi connectivity index (χ2v) is 4.06. The molecule has 2 atom stereocenters. The average Bonchev–Trinajstić information content (AvgIpc) is 2.69. The van der Waals surface area contributed by atoms with Gasteiger partial charge in [-0.05, 0) is 38.4 Å². The minimum absolute atomic E-state index is 0.0232. The zero-order chi connectivity index (χ0) is 11.5. The SMILES string of the molecule is CNC1CCCC1Oc1ccc(F)cc1F. The lowest BCUT2D eigenvalue weighted by Gasteiger charge is -2.20. The van der Waals surface area contributed by atoms with Crippen LogP contribution in [0, 0.1) is 11.6 Å². The molecule has 1 aromatic carbocycles. The van der Waals surface area contributed by atoms with Gasteiger partial charge >= 0.3 is 0 Å². The van der Waals surface area contributed by atoms with Crippen LogP contribution in [0.1, 0.15) is 19.3 Å². The predicted octanol–water partition coefficient (Wildman–Crippen LogP) is 2.48. The first kappa shape index (κ1) is 11.3. The van der Waals surface area contributed by atoms with Gasteiger partial charge in [0.05, 0.1) is 0 Å². The molecule has 1 saturated carbocycles. The van der Waals surface area contributed by atoms with Crippen molar-refractivity contribution < 1.29 is 13.5 Å². The second kappa shape index (κ2) is 4.78. The Labute approximate surface area is 93.6 Å². The van der Waals surface area contributed by atoms with Gasteiger partial charge in [-0.1, -0.05) is 0 Å². The van der Waals surface area contributed by atoms with Crippen molar-refractivity contribution in [2.75, 3.05) is 7.05 Å². The number of likely N-dealkylation sites (N-methyl/N-ethyl adjacent to an activating group) is 1. The van der Waals surface area contributed by atoms with Crippen LogP contribution in [0.15, 0.2) is 18.2 Å². The van der Waals surface area contributed by atoms with Crippen molar-refractivity contribution in [2.45, 2.75) is 31.4 Å². The fourth-order valence-electron chi connectivity index (χ4n) is 2.13. The Morgan fingerprint density at radius 1 is 1.31 bits per heavy atom. The minimum Gasteiger partial charge on any atom is -0.486 e. The van der Waals surface area contributed by atoms with Crippen molar-refractivity contribution >= 4 is 0 Å². The summed E-state index contributed by atoms with van der Waals surface area (Å²) in [7, 11) is 1.87. The van der Waals surface area contributed by atoms with Gasteiger partial charge in [0, 0.05) is 12.1 Å². The van der Waals surface area contributed by atoms with E-state index in [0.717, 1.165) is 25.3 Å². The molecule has 1 aliphatic rings. The normalized spacial score (nSPS) is 24.7. The lowest BCUT2D eigenvalue weighted by molar-refractivity contribution is 0.171. The first-order valence-corrected chi connectivity index (χ1v) is 5.49. The van der Waals surface area contributed by atoms with Gasteiger partial charge in [0.2, 0.25) is 0 Å². The lowest BCUT2D eigenvalue weighted by Crippen LogP contribution is -2.36. The molecule has 0 aliphatic heterocycles. The van der Waals surface area contributed by atoms with E-state index in [9.17, 15) is 8.78 Å². The fourth-order valence-corrected chi connectivity index (χ4v) is 2.13. The molecule has 0 spiro atoms. The number of benzene rings is 1. The van der Waals surface area contributed by atoms with Crippen LogP contribution >= 0.6 is 0 Å². The third kappa shape index (κ3) is 2.32. The van der Waals surface area contributed by atoms with Gasteiger partial charge in [0.25, 0.3) is 0 Å². The Balaban J connectivity index is 2.08. The highest BCUT2D eigenvalue weighted by Gasteiger charge is 2.28. The molecule has 0 amide bonds. The van der Waals surface area contributed by atoms with Gasteiger partial charge in [0.1, 0.15) is 11.9 Å². The summed E-state index contributed by atoms with van der Waals surface area (Å²) in [4.78, 5) is 0. The predicted molar refractivity (Wildman–Crippen MR) is 57.5 cm³/mol.